The van der Waals surface area contributed by atoms with Crippen molar-refractivity contribution in [3.8, 4) is 0 Å². The second-order valence-electron chi connectivity index (χ2n) is 5.06. The van der Waals surface area contributed by atoms with Gasteiger partial charge in [-0.2, -0.15) is 21.2 Å². The van der Waals surface area contributed by atoms with Gasteiger partial charge in [-0.3, -0.25) is 4.98 Å². The molecule has 0 bridgehead atoms. The van der Waals surface area contributed by atoms with Crippen LogP contribution in [0.1, 0.15) is 22.9 Å². The Kier molecular flexibility index (Phi) is 4.51. The predicted molar refractivity (Wildman–Crippen MR) is 86.4 cm³/mol. The summed E-state index contributed by atoms with van der Waals surface area (Å²) in [5, 5.41) is 9.70. The molecule has 2 N–H and O–H groups in total. The minimum Gasteiger partial charge on any atom is -0.259 e. The van der Waals surface area contributed by atoms with Crippen LogP contribution in [0.25, 0.3) is 0 Å². The van der Waals surface area contributed by atoms with Crippen LogP contribution < -0.4 is 4.72 Å². The third-order valence-electron chi connectivity index (χ3n) is 3.26. The van der Waals surface area contributed by atoms with E-state index < -0.39 is 16.1 Å². The third-order valence-corrected chi connectivity index (χ3v) is 5.29. The van der Waals surface area contributed by atoms with Gasteiger partial charge in [0.15, 0.2) is 0 Å². The maximum absolute atomic E-state index is 12.4. The summed E-state index contributed by atoms with van der Waals surface area (Å²) in [5.41, 5.74) is 2.72. The molecule has 0 spiro atoms. The van der Waals surface area contributed by atoms with Crippen molar-refractivity contribution in [2.45, 2.75) is 24.5 Å². The van der Waals surface area contributed by atoms with Crippen molar-refractivity contribution >= 4 is 21.4 Å². The van der Waals surface area contributed by atoms with Gasteiger partial charge in [-0.1, -0.05) is 6.07 Å². The summed E-state index contributed by atoms with van der Waals surface area (Å²) < 4.78 is 27.5. The van der Waals surface area contributed by atoms with Crippen molar-refractivity contribution in [1.82, 2.24) is 24.9 Å². The number of H-pyrrole nitrogens is 1. The quantitative estimate of drug-likeness (QED) is 0.707. The van der Waals surface area contributed by atoms with Crippen LogP contribution in [0.4, 0.5) is 0 Å². The Morgan fingerprint density at radius 3 is 2.78 bits per heavy atom. The molecule has 7 nitrogen and oxygen atoms in total. The van der Waals surface area contributed by atoms with Gasteiger partial charge in [0.1, 0.15) is 6.33 Å². The topological polar surface area (TPSA) is 101 Å². The first kappa shape index (κ1) is 15.8. The molecular formula is C14H15N5O2S2. The van der Waals surface area contributed by atoms with E-state index in [2.05, 4.69) is 24.9 Å². The lowest BCUT2D eigenvalue weighted by molar-refractivity contribution is 0.543. The molecule has 0 saturated carbocycles. The van der Waals surface area contributed by atoms with Crippen LogP contribution >= 0.6 is 11.3 Å². The molecule has 3 rings (SSSR count). The Bertz CT molecular complexity index is 843. The van der Waals surface area contributed by atoms with Crippen LogP contribution in [-0.4, -0.2) is 28.6 Å². The van der Waals surface area contributed by atoms with E-state index in [1.165, 1.54) is 0 Å². The van der Waals surface area contributed by atoms with Crippen LogP contribution in [0.5, 0.6) is 0 Å². The van der Waals surface area contributed by atoms with E-state index in [1.807, 2.05) is 35.9 Å². The highest BCUT2D eigenvalue weighted by Crippen LogP contribution is 2.20. The molecule has 9 heteroatoms. The number of nitrogens with one attached hydrogen (secondary N) is 2. The van der Waals surface area contributed by atoms with Crippen molar-refractivity contribution in [2.24, 2.45) is 0 Å². The summed E-state index contributed by atoms with van der Waals surface area (Å²) in [5.74, 6) is 0. The summed E-state index contributed by atoms with van der Waals surface area (Å²) in [6.45, 7) is 1.93. The number of pyridine rings is 1. The van der Waals surface area contributed by atoms with Crippen molar-refractivity contribution in [3.05, 3.63) is 58.3 Å². The van der Waals surface area contributed by atoms with Crippen LogP contribution in [0.2, 0.25) is 0 Å². The average Bonchev–Trinajstić information content (AvgIpc) is 3.21. The number of hydrogen-bond acceptors (Lipinski definition) is 6. The third kappa shape index (κ3) is 3.81. The highest BCUT2D eigenvalue weighted by Gasteiger charge is 2.25. The first-order chi connectivity index (χ1) is 11.0. The van der Waals surface area contributed by atoms with E-state index >= 15 is 0 Å². The number of thiophene rings is 1. The second-order valence-corrected chi connectivity index (χ2v) is 7.47. The molecule has 3 heterocycles. The fourth-order valence-corrected chi connectivity index (χ4v) is 3.83. The number of rotatable bonds is 6. The smallest absolute Gasteiger partial charge is 0.259 e. The highest BCUT2D eigenvalue weighted by molar-refractivity contribution is 7.89. The lowest BCUT2D eigenvalue weighted by Gasteiger charge is -2.17. The van der Waals surface area contributed by atoms with E-state index in [0.717, 1.165) is 17.5 Å². The Balaban J connectivity index is 1.90. The summed E-state index contributed by atoms with van der Waals surface area (Å²) in [6.07, 6.45) is 3.39. The van der Waals surface area contributed by atoms with Crippen molar-refractivity contribution in [2.75, 3.05) is 0 Å². The van der Waals surface area contributed by atoms with Gasteiger partial charge in [-0.25, -0.2) is 18.5 Å². The monoisotopic (exact) mass is 349 g/mol. The summed E-state index contributed by atoms with van der Waals surface area (Å²) in [7, 11) is -3.79. The van der Waals surface area contributed by atoms with Crippen LogP contribution in [0, 0.1) is 6.92 Å². The first-order valence-electron chi connectivity index (χ1n) is 6.86. The van der Waals surface area contributed by atoms with Gasteiger partial charge in [0.25, 0.3) is 15.2 Å². The fourth-order valence-electron chi connectivity index (χ4n) is 2.10. The zero-order valence-electron chi connectivity index (χ0n) is 12.3. The Hall–Kier alpha value is -2.10. The van der Waals surface area contributed by atoms with Crippen molar-refractivity contribution in [3.63, 3.8) is 0 Å². The van der Waals surface area contributed by atoms with Crippen LogP contribution in [-0.2, 0) is 16.4 Å². The van der Waals surface area contributed by atoms with Gasteiger partial charge < -0.3 is 0 Å². The molecule has 0 aliphatic heterocycles. The highest BCUT2D eigenvalue weighted by atomic mass is 32.2. The van der Waals surface area contributed by atoms with Gasteiger partial charge in [-0.15, -0.1) is 0 Å². The van der Waals surface area contributed by atoms with Crippen LogP contribution in [0.15, 0.2) is 46.6 Å². The summed E-state index contributed by atoms with van der Waals surface area (Å²) >= 11 is 1.57. The molecular weight excluding hydrogens is 334 g/mol. The number of sulfonamides is 1. The SMILES string of the molecule is Cc1ccc(C(Cc2ccsc2)NS(=O)(=O)c2ncn[nH]2)nc1. The lowest BCUT2D eigenvalue weighted by Crippen LogP contribution is -2.31. The van der Waals surface area contributed by atoms with Crippen molar-refractivity contribution < 1.29 is 8.42 Å². The molecule has 0 aliphatic carbocycles. The predicted octanol–water partition coefficient (Wildman–Crippen LogP) is 1.83. The molecule has 3 aromatic rings. The molecule has 1 unspecified atom stereocenters. The van der Waals surface area contributed by atoms with Gasteiger partial charge >= 0.3 is 0 Å². The number of nitrogens with zero attached hydrogens (tertiary/aromatic N) is 3. The normalized spacial score (nSPS) is 13.1. The minimum absolute atomic E-state index is 0.208. The number of hydrogen-bond donors (Lipinski definition) is 2. The average molecular weight is 349 g/mol. The molecule has 0 aromatic carbocycles. The first-order valence-corrected chi connectivity index (χ1v) is 9.28. The Labute approximate surface area is 137 Å². The zero-order chi connectivity index (χ0) is 16.3. The minimum atomic E-state index is -3.79. The molecule has 0 fully saturated rings. The van der Waals surface area contributed by atoms with E-state index in [0.29, 0.717) is 12.1 Å². The van der Waals surface area contributed by atoms with Gasteiger partial charge in [0.05, 0.1) is 11.7 Å². The van der Waals surface area contributed by atoms with Crippen LogP contribution in [0.3, 0.4) is 0 Å². The molecule has 23 heavy (non-hydrogen) atoms. The number of aryl methyl sites for hydroxylation is 1. The van der Waals surface area contributed by atoms with Gasteiger partial charge in [0.2, 0.25) is 0 Å². The largest absolute Gasteiger partial charge is 0.276 e. The van der Waals surface area contributed by atoms with Gasteiger partial charge in [0, 0.05) is 6.20 Å². The Morgan fingerprint density at radius 1 is 1.30 bits per heavy atom. The molecule has 1 atom stereocenters. The van der Waals surface area contributed by atoms with E-state index in [1.54, 1.807) is 17.5 Å². The van der Waals surface area contributed by atoms with Crippen molar-refractivity contribution in [1.29, 1.82) is 0 Å². The summed E-state index contributed by atoms with van der Waals surface area (Å²) in [6, 6.07) is 5.22. The van der Waals surface area contributed by atoms with Gasteiger partial charge in [-0.05, 0) is 47.4 Å². The molecule has 0 radical (unpaired) electrons. The van der Waals surface area contributed by atoms with E-state index in [4.69, 9.17) is 0 Å². The van der Waals surface area contributed by atoms with E-state index in [9.17, 15) is 8.42 Å². The summed E-state index contributed by atoms with van der Waals surface area (Å²) in [4.78, 5) is 8.07. The Morgan fingerprint density at radius 2 is 2.17 bits per heavy atom. The zero-order valence-corrected chi connectivity index (χ0v) is 13.9. The maximum atomic E-state index is 12.4. The lowest BCUT2D eigenvalue weighted by atomic mass is 10.1. The maximum Gasteiger partial charge on any atom is 0.276 e. The standard InChI is InChI=1S/C14H15N5O2S2/c1-10-2-3-12(15-7-10)13(6-11-4-5-22-8-11)19-23(20,21)14-16-9-17-18-14/h2-5,7-9,13,19H,6H2,1H3,(H,16,17,18). The van der Waals surface area contributed by atoms with E-state index in [-0.39, 0.29) is 5.16 Å². The number of aromatic nitrogens is 4. The second kappa shape index (κ2) is 6.57. The molecule has 0 aliphatic rings. The molecule has 0 amide bonds. The fraction of sp³-hybridized carbons (Fsp3) is 0.214. The number of aromatic amines is 1. The molecule has 3 aromatic heterocycles. The molecule has 120 valence electrons. The molecule has 0 saturated heterocycles.